The molecule has 0 bridgehead atoms. The van der Waals surface area contributed by atoms with E-state index in [4.69, 9.17) is 0 Å². The van der Waals surface area contributed by atoms with Crippen molar-refractivity contribution in [2.45, 2.75) is 72.1 Å². The zero-order valence-electron chi connectivity index (χ0n) is 13.7. The Kier molecular flexibility index (Phi) is 4.01. The highest BCUT2D eigenvalue weighted by atomic mass is 16.3. The maximum absolute atomic E-state index is 10.6. The van der Waals surface area contributed by atoms with Crippen molar-refractivity contribution < 1.29 is 5.11 Å². The minimum absolute atomic E-state index is 0.155. The van der Waals surface area contributed by atoms with E-state index in [-0.39, 0.29) is 16.9 Å². The van der Waals surface area contributed by atoms with Gasteiger partial charge in [-0.1, -0.05) is 59.7 Å². The van der Waals surface area contributed by atoms with Crippen molar-refractivity contribution in [1.82, 2.24) is 5.32 Å². The SMILES string of the molecule is CC(C)(C)C[C@H]1NCc2cc(C(C)(C)C)ccc2[C@@H]1O. The van der Waals surface area contributed by atoms with Gasteiger partial charge in [0.05, 0.1) is 6.10 Å². The van der Waals surface area contributed by atoms with Crippen molar-refractivity contribution in [3.05, 3.63) is 34.9 Å². The minimum Gasteiger partial charge on any atom is -0.387 e. The second-order valence-corrected chi connectivity index (χ2v) is 8.36. The molecule has 1 aromatic rings. The summed E-state index contributed by atoms with van der Waals surface area (Å²) in [7, 11) is 0. The highest BCUT2D eigenvalue weighted by Gasteiger charge is 2.31. The maximum atomic E-state index is 10.6. The molecule has 0 fully saturated rings. The molecule has 0 saturated carbocycles. The lowest BCUT2D eigenvalue weighted by Crippen LogP contribution is -2.41. The van der Waals surface area contributed by atoms with Crippen LogP contribution in [0.3, 0.4) is 0 Å². The first kappa shape index (κ1) is 15.5. The van der Waals surface area contributed by atoms with Gasteiger partial charge in [-0.2, -0.15) is 0 Å². The summed E-state index contributed by atoms with van der Waals surface area (Å²) in [5, 5.41) is 14.1. The number of rotatable bonds is 1. The maximum Gasteiger partial charge on any atom is 0.0946 e. The molecule has 1 aliphatic rings. The third-order valence-corrected chi connectivity index (χ3v) is 4.10. The smallest absolute Gasteiger partial charge is 0.0946 e. The molecule has 0 saturated heterocycles. The summed E-state index contributed by atoms with van der Waals surface area (Å²) in [4.78, 5) is 0. The summed E-state index contributed by atoms with van der Waals surface area (Å²) in [6, 6.07) is 6.69. The zero-order valence-corrected chi connectivity index (χ0v) is 13.7. The monoisotopic (exact) mass is 275 g/mol. The van der Waals surface area contributed by atoms with E-state index in [9.17, 15) is 5.11 Å². The summed E-state index contributed by atoms with van der Waals surface area (Å²) in [5.41, 5.74) is 4.06. The van der Waals surface area contributed by atoms with Gasteiger partial charge in [-0.15, -0.1) is 0 Å². The molecule has 1 aromatic carbocycles. The van der Waals surface area contributed by atoms with Crippen LogP contribution in [-0.2, 0) is 12.0 Å². The van der Waals surface area contributed by atoms with E-state index in [0.717, 1.165) is 18.5 Å². The predicted octanol–water partition coefficient (Wildman–Crippen LogP) is 3.93. The third-order valence-electron chi connectivity index (χ3n) is 4.10. The van der Waals surface area contributed by atoms with Crippen LogP contribution in [0.2, 0.25) is 0 Å². The Balaban J connectivity index is 2.26. The fourth-order valence-electron chi connectivity index (χ4n) is 2.93. The van der Waals surface area contributed by atoms with Gasteiger partial charge < -0.3 is 10.4 Å². The lowest BCUT2D eigenvalue weighted by atomic mass is 9.79. The van der Waals surface area contributed by atoms with Crippen LogP contribution in [-0.4, -0.2) is 11.1 Å². The lowest BCUT2D eigenvalue weighted by molar-refractivity contribution is 0.0931. The van der Waals surface area contributed by atoms with E-state index in [1.165, 1.54) is 11.1 Å². The highest BCUT2D eigenvalue weighted by molar-refractivity contribution is 5.38. The molecule has 0 unspecified atom stereocenters. The van der Waals surface area contributed by atoms with Gasteiger partial charge in [0.2, 0.25) is 0 Å². The fourth-order valence-corrected chi connectivity index (χ4v) is 2.93. The first-order valence-corrected chi connectivity index (χ1v) is 7.63. The Morgan fingerprint density at radius 1 is 1.15 bits per heavy atom. The first-order valence-electron chi connectivity index (χ1n) is 7.63. The Hall–Kier alpha value is -0.860. The number of hydrogen-bond acceptors (Lipinski definition) is 2. The number of hydrogen-bond donors (Lipinski definition) is 2. The average molecular weight is 275 g/mol. The third kappa shape index (κ3) is 3.42. The highest BCUT2D eigenvalue weighted by Crippen LogP contribution is 2.34. The molecule has 0 aromatic heterocycles. The Labute approximate surface area is 123 Å². The van der Waals surface area contributed by atoms with Crippen molar-refractivity contribution in [1.29, 1.82) is 0 Å². The molecule has 1 heterocycles. The normalized spacial score (nSPS) is 23.6. The van der Waals surface area contributed by atoms with E-state index in [1.54, 1.807) is 0 Å². The number of aliphatic hydroxyl groups excluding tert-OH is 1. The largest absolute Gasteiger partial charge is 0.387 e. The standard InChI is InChI=1S/C18H29NO/c1-17(2,3)10-15-16(20)14-8-7-13(18(4,5)6)9-12(14)11-19-15/h7-9,15-16,19-20H,10-11H2,1-6H3/t15-,16+/m1/s1. The molecular formula is C18H29NO. The Morgan fingerprint density at radius 3 is 2.35 bits per heavy atom. The minimum atomic E-state index is -0.396. The molecule has 2 nitrogen and oxygen atoms in total. The van der Waals surface area contributed by atoms with Gasteiger partial charge in [0, 0.05) is 12.6 Å². The fraction of sp³-hybridized carbons (Fsp3) is 0.667. The molecule has 1 aliphatic heterocycles. The van der Waals surface area contributed by atoms with E-state index in [2.05, 4.69) is 65.1 Å². The van der Waals surface area contributed by atoms with Crippen LogP contribution >= 0.6 is 0 Å². The van der Waals surface area contributed by atoms with Crippen molar-refractivity contribution in [2.75, 3.05) is 0 Å². The zero-order chi connectivity index (χ0) is 15.1. The quantitative estimate of drug-likeness (QED) is 0.814. The molecule has 0 radical (unpaired) electrons. The first-order chi connectivity index (χ1) is 9.08. The van der Waals surface area contributed by atoms with Crippen LogP contribution in [0, 0.1) is 5.41 Å². The van der Waals surface area contributed by atoms with Gasteiger partial charge in [0.15, 0.2) is 0 Å². The second-order valence-electron chi connectivity index (χ2n) is 8.36. The topological polar surface area (TPSA) is 32.3 Å². The molecule has 2 atom stereocenters. The second kappa shape index (κ2) is 5.16. The summed E-state index contributed by atoms with van der Waals surface area (Å²) < 4.78 is 0. The van der Waals surface area contributed by atoms with Crippen LogP contribution in [0.15, 0.2) is 18.2 Å². The van der Waals surface area contributed by atoms with Crippen molar-refractivity contribution >= 4 is 0 Å². The molecule has 0 spiro atoms. The summed E-state index contributed by atoms with van der Waals surface area (Å²) in [5.74, 6) is 0. The van der Waals surface area contributed by atoms with Crippen molar-refractivity contribution in [2.24, 2.45) is 5.41 Å². The van der Waals surface area contributed by atoms with E-state index in [1.807, 2.05) is 0 Å². The lowest BCUT2D eigenvalue weighted by Gasteiger charge is -2.36. The predicted molar refractivity (Wildman–Crippen MR) is 84.8 cm³/mol. The van der Waals surface area contributed by atoms with E-state index >= 15 is 0 Å². The molecule has 112 valence electrons. The van der Waals surface area contributed by atoms with Crippen LogP contribution in [0.4, 0.5) is 0 Å². The van der Waals surface area contributed by atoms with E-state index < -0.39 is 6.10 Å². The Bertz CT molecular complexity index is 479. The van der Waals surface area contributed by atoms with Gasteiger partial charge in [-0.3, -0.25) is 0 Å². The molecule has 0 amide bonds. The summed E-state index contributed by atoms with van der Waals surface area (Å²) >= 11 is 0. The van der Waals surface area contributed by atoms with Gasteiger partial charge >= 0.3 is 0 Å². The van der Waals surface area contributed by atoms with Gasteiger partial charge in [0.1, 0.15) is 0 Å². The molecular weight excluding hydrogens is 246 g/mol. The molecule has 2 N–H and O–H groups in total. The van der Waals surface area contributed by atoms with Crippen LogP contribution < -0.4 is 5.32 Å². The van der Waals surface area contributed by atoms with E-state index in [0.29, 0.717) is 0 Å². The van der Waals surface area contributed by atoms with Gasteiger partial charge in [-0.25, -0.2) is 0 Å². The summed E-state index contributed by atoms with van der Waals surface area (Å²) in [6.45, 7) is 14.2. The molecule has 2 rings (SSSR count). The number of fused-ring (bicyclic) bond motifs is 1. The van der Waals surface area contributed by atoms with Crippen LogP contribution in [0.25, 0.3) is 0 Å². The molecule has 0 aliphatic carbocycles. The Morgan fingerprint density at radius 2 is 1.80 bits per heavy atom. The summed E-state index contributed by atoms with van der Waals surface area (Å²) in [6.07, 6.45) is 0.584. The average Bonchev–Trinajstić information content (AvgIpc) is 2.30. The molecule has 2 heteroatoms. The number of aliphatic hydroxyl groups is 1. The van der Waals surface area contributed by atoms with Crippen molar-refractivity contribution in [3.63, 3.8) is 0 Å². The van der Waals surface area contributed by atoms with Crippen LogP contribution in [0.1, 0.15) is 70.8 Å². The van der Waals surface area contributed by atoms with Gasteiger partial charge in [0.25, 0.3) is 0 Å². The molecule has 20 heavy (non-hydrogen) atoms. The van der Waals surface area contributed by atoms with Crippen LogP contribution in [0.5, 0.6) is 0 Å². The van der Waals surface area contributed by atoms with Crippen molar-refractivity contribution in [3.8, 4) is 0 Å². The van der Waals surface area contributed by atoms with Gasteiger partial charge in [-0.05, 0) is 33.9 Å². The number of nitrogens with one attached hydrogen (secondary N) is 1. The number of benzene rings is 1.